The van der Waals surface area contributed by atoms with Crippen LogP contribution in [0.15, 0.2) is 0 Å². The maximum absolute atomic E-state index is 11.9. The number of hydrogen-bond donors (Lipinski definition) is 2. The molecule has 0 aliphatic carbocycles. The molecule has 1 rings (SSSR count). The number of nitrogens with zero attached hydrogens (tertiary/aromatic N) is 2. The molecule has 1 saturated heterocycles. The molecule has 0 aromatic heterocycles. The molecule has 1 fully saturated rings. The first-order valence-electron chi connectivity index (χ1n) is 6.92. The second-order valence-electron chi connectivity index (χ2n) is 5.35. The molecule has 0 aromatic rings. The summed E-state index contributed by atoms with van der Waals surface area (Å²) in [6.07, 6.45) is 1.98. The van der Waals surface area contributed by atoms with Crippen molar-refractivity contribution >= 4 is 11.8 Å². The molecule has 0 aromatic carbocycles. The third-order valence-electron chi connectivity index (χ3n) is 3.79. The summed E-state index contributed by atoms with van der Waals surface area (Å²) in [6.45, 7) is 6.39. The van der Waals surface area contributed by atoms with Crippen LogP contribution in [0.1, 0.15) is 26.7 Å². The van der Waals surface area contributed by atoms with Crippen molar-refractivity contribution in [3.63, 3.8) is 0 Å². The minimum absolute atomic E-state index is 0.0386. The van der Waals surface area contributed by atoms with Crippen LogP contribution in [0.4, 0.5) is 0 Å². The molecule has 6 heteroatoms. The average molecular weight is 270 g/mol. The van der Waals surface area contributed by atoms with Gasteiger partial charge in [-0.2, -0.15) is 0 Å². The monoisotopic (exact) mass is 270 g/mol. The van der Waals surface area contributed by atoms with Crippen LogP contribution in [0.5, 0.6) is 0 Å². The number of nitrogens with one attached hydrogen (secondary N) is 1. The molecule has 3 N–H and O–H groups in total. The first kappa shape index (κ1) is 15.9. The van der Waals surface area contributed by atoms with Gasteiger partial charge in [0.15, 0.2) is 0 Å². The maximum Gasteiger partial charge on any atom is 0.241 e. The molecule has 2 amide bonds. The topological polar surface area (TPSA) is 78.7 Å². The van der Waals surface area contributed by atoms with E-state index in [4.69, 9.17) is 5.73 Å². The average Bonchev–Trinajstić information content (AvgIpc) is 2.43. The van der Waals surface area contributed by atoms with Crippen molar-refractivity contribution in [3.05, 3.63) is 0 Å². The minimum atomic E-state index is -0.295. The van der Waals surface area contributed by atoms with Crippen LogP contribution in [-0.4, -0.2) is 66.9 Å². The Balaban J connectivity index is 2.35. The normalized spacial score (nSPS) is 17.5. The zero-order valence-electron chi connectivity index (χ0n) is 12.2. The Morgan fingerprint density at radius 3 is 2.42 bits per heavy atom. The maximum atomic E-state index is 11.9. The van der Waals surface area contributed by atoms with Crippen LogP contribution >= 0.6 is 0 Å². The molecule has 1 aliphatic rings. The molecule has 110 valence electrons. The number of nitrogens with two attached hydrogens (primary N) is 1. The van der Waals surface area contributed by atoms with Gasteiger partial charge < -0.3 is 20.9 Å². The second kappa shape index (κ2) is 7.45. The third kappa shape index (κ3) is 4.80. The van der Waals surface area contributed by atoms with Crippen LogP contribution in [0, 0.1) is 0 Å². The van der Waals surface area contributed by atoms with Gasteiger partial charge in [-0.1, -0.05) is 0 Å². The van der Waals surface area contributed by atoms with Crippen molar-refractivity contribution in [2.45, 2.75) is 38.8 Å². The fourth-order valence-electron chi connectivity index (χ4n) is 2.36. The first-order valence-corrected chi connectivity index (χ1v) is 6.92. The van der Waals surface area contributed by atoms with Crippen LogP contribution in [0.3, 0.4) is 0 Å². The SMILES string of the molecule is CC(C)N1CCC(N(C)C(=O)CNC(=O)CN)CC1. The molecule has 1 heterocycles. The number of hydrogen-bond acceptors (Lipinski definition) is 4. The fourth-order valence-corrected chi connectivity index (χ4v) is 2.36. The number of carbonyl (C=O) groups is 2. The second-order valence-corrected chi connectivity index (χ2v) is 5.35. The molecule has 0 radical (unpaired) electrons. The van der Waals surface area contributed by atoms with Gasteiger partial charge in [-0.15, -0.1) is 0 Å². The van der Waals surface area contributed by atoms with E-state index in [1.165, 1.54) is 0 Å². The van der Waals surface area contributed by atoms with E-state index in [1.807, 2.05) is 7.05 Å². The fraction of sp³-hybridized carbons (Fsp3) is 0.846. The van der Waals surface area contributed by atoms with Crippen LogP contribution in [0.2, 0.25) is 0 Å². The molecule has 6 nitrogen and oxygen atoms in total. The van der Waals surface area contributed by atoms with Gasteiger partial charge in [-0.3, -0.25) is 9.59 Å². The molecular formula is C13H26N4O2. The standard InChI is InChI=1S/C13H26N4O2/c1-10(2)17-6-4-11(5-7-17)16(3)13(19)9-15-12(18)8-14/h10-11H,4-9,14H2,1-3H3,(H,15,18). The van der Waals surface area contributed by atoms with Gasteiger partial charge in [-0.05, 0) is 26.7 Å². The third-order valence-corrected chi connectivity index (χ3v) is 3.79. The van der Waals surface area contributed by atoms with E-state index in [-0.39, 0.29) is 30.9 Å². The van der Waals surface area contributed by atoms with Crippen molar-refractivity contribution in [2.24, 2.45) is 5.73 Å². The summed E-state index contributed by atoms with van der Waals surface area (Å²) in [5.74, 6) is -0.346. The lowest BCUT2D eigenvalue weighted by atomic mass is 10.0. The van der Waals surface area contributed by atoms with E-state index >= 15 is 0 Å². The quantitative estimate of drug-likeness (QED) is 0.699. The number of rotatable bonds is 5. The Hall–Kier alpha value is -1.14. The predicted molar refractivity (Wildman–Crippen MR) is 74.6 cm³/mol. The highest BCUT2D eigenvalue weighted by atomic mass is 16.2. The van der Waals surface area contributed by atoms with Gasteiger partial charge in [0.2, 0.25) is 11.8 Å². The lowest BCUT2D eigenvalue weighted by molar-refractivity contribution is -0.134. The van der Waals surface area contributed by atoms with Gasteiger partial charge in [0.1, 0.15) is 0 Å². The Kier molecular flexibility index (Phi) is 6.24. The predicted octanol–water partition coefficient (Wildman–Crippen LogP) is -0.607. The highest BCUT2D eigenvalue weighted by molar-refractivity contribution is 5.85. The summed E-state index contributed by atoms with van der Waals surface area (Å²) < 4.78 is 0. The van der Waals surface area contributed by atoms with Crippen molar-refractivity contribution in [3.8, 4) is 0 Å². The van der Waals surface area contributed by atoms with Gasteiger partial charge in [0.05, 0.1) is 13.1 Å². The van der Waals surface area contributed by atoms with Gasteiger partial charge in [0, 0.05) is 32.2 Å². The number of piperidine rings is 1. The zero-order valence-corrected chi connectivity index (χ0v) is 12.2. The van der Waals surface area contributed by atoms with Gasteiger partial charge >= 0.3 is 0 Å². The molecule has 1 aliphatic heterocycles. The molecule has 0 bridgehead atoms. The van der Waals surface area contributed by atoms with Gasteiger partial charge in [0.25, 0.3) is 0 Å². The van der Waals surface area contributed by atoms with E-state index in [9.17, 15) is 9.59 Å². The summed E-state index contributed by atoms with van der Waals surface area (Å²) in [5, 5.41) is 2.51. The number of carbonyl (C=O) groups excluding carboxylic acids is 2. The lowest BCUT2D eigenvalue weighted by Gasteiger charge is -2.38. The first-order chi connectivity index (χ1) is 8.95. The van der Waals surface area contributed by atoms with Crippen LogP contribution in [0.25, 0.3) is 0 Å². The highest BCUT2D eigenvalue weighted by Gasteiger charge is 2.26. The number of likely N-dealkylation sites (tertiary alicyclic amines) is 1. The molecular weight excluding hydrogens is 244 g/mol. The Labute approximate surface area is 115 Å². The number of likely N-dealkylation sites (N-methyl/N-ethyl adjacent to an activating group) is 1. The molecule has 19 heavy (non-hydrogen) atoms. The van der Waals surface area contributed by atoms with Gasteiger partial charge in [-0.25, -0.2) is 0 Å². The van der Waals surface area contributed by atoms with Crippen molar-refractivity contribution < 1.29 is 9.59 Å². The van der Waals surface area contributed by atoms with E-state index in [2.05, 4.69) is 24.1 Å². The van der Waals surface area contributed by atoms with E-state index in [0.717, 1.165) is 25.9 Å². The van der Waals surface area contributed by atoms with Crippen LogP contribution < -0.4 is 11.1 Å². The minimum Gasteiger partial charge on any atom is -0.346 e. The molecule has 0 saturated carbocycles. The molecule has 0 unspecified atom stereocenters. The molecule has 0 spiro atoms. The van der Waals surface area contributed by atoms with Crippen LogP contribution in [-0.2, 0) is 9.59 Å². The van der Waals surface area contributed by atoms with E-state index in [1.54, 1.807) is 4.90 Å². The zero-order chi connectivity index (χ0) is 14.4. The summed E-state index contributed by atoms with van der Waals surface area (Å²) in [6, 6.07) is 0.836. The number of amides is 2. The van der Waals surface area contributed by atoms with Crippen molar-refractivity contribution in [1.29, 1.82) is 0 Å². The Bertz CT molecular complexity index is 312. The van der Waals surface area contributed by atoms with Crippen molar-refractivity contribution in [1.82, 2.24) is 15.1 Å². The Morgan fingerprint density at radius 2 is 1.95 bits per heavy atom. The summed E-state index contributed by atoms with van der Waals surface area (Å²) >= 11 is 0. The summed E-state index contributed by atoms with van der Waals surface area (Å²) in [4.78, 5) is 27.1. The van der Waals surface area contributed by atoms with E-state index in [0.29, 0.717) is 6.04 Å². The Morgan fingerprint density at radius 1 is 1.37 bits per heavy atom. The highest BCUT2D eigenvalue weighted by Crippen LogP contribution is 2.17. The smallest absolute Gasteiger partial charge is 0.241 e. The molecule has 0 atom stereocenters. The summed E-state index contributed by atoms with van der Waals surface area (Å²) in [5.41, 5.74) is 5.18. The van der Waals surface area contributed by atoms with E-state index < -0.39 is 0 Å². The summed E-state index contributed by atoms with van der Waals surface area (Å²) in [7, 11) is 1.81. The largest absolute Gasteiger partial charge is 0.346 e. The van der Waals surface area contributed by atoms with Crippen molar-refractivity contribution in [2.75, 3.05) is 33.2 Å². The lowest BCUT2D eigenvalue weighted by Crippen LogP contribution is -2.49.